The minimum Gasteiger partial charge on any atom is -0.490 e. The lowest BCUT2D eigenvalue weighted by molar-refractivity contribution is 0.0921. The summed E-state index contributed by atoms with van der Waals surface area (Å²) in [5.41, 5.74) is 0.700. The number of carbonyl (C=O) groups excluding carboxylic acids is 1. The van der Waals surface area contributed by atoms with E-state index in [0.717, 1.165) is 6.42 Å². The molecule has 0 aliphatic carbocycles. The molecule has 0 radical (unpaired) electrons. The van der Waals surface area contributed by atoms with Crippen molar-refractivity contribution in [3.05, 3.63) is 29.8 Å². The first kappa shape index (κ1) is 12.8. The van der Waals surface area contributed by atoms with Crippen LogP contribution in [0.1, 0.15) is 44.5 Å². The Morgan fingerprint density at radius 2 is 1.88 bits per heavy atom. The fourth-order valence-corrected chi connectivity index (χ4v) is 1.48. The van der Waals surface area contributed by atoms with Gasteiger partial charge in [-0.15, -0.1) is 0 Å². The first-order chi connectivity index (χ1) is 7.56. The molecule has 0 heterocycles. The SMILES string of the molecule is CCC(C)C(=O)c1ccccc1OC(C)C. The predicted octanol–water partition coefficient (Wildman–Crippen LogP) is 3.70. The Hall–Kier alpha value is -1.31. The van der Waals surface area contributed by atoms with Gasteiger partial charge < -0.3 is 4.74 Å². The molecule has 1 atom stereocenters. The fraction of sp³-hybridized carbons (Fsp3) is 0.500. The molecule has 0 amide bonds. The summed E-state index contributed by atoms with van der Waals surface area (Å²) in [4.78, 5) is 12.1. The number of hydrogen-bond donors (Lipinski definition) is 0. The van der Waals surface area contributed by atoms with Gasteiger partial charge in [0.1, 0.15) is 5.75 Å². The third-order valence-electron chi connectivity index (χ3n) is 2.58. The third-order valence-corrected chi connectivity index (χ3v) is 2.58. The number of Topliss-reactive ketones (excluding diaryl/α,β-unsaturated/α-hetero) is 1. The molecule has 2 heteroatoms. The standard InChI is InChI=1S/C14H20O2/c1-5-11(4)14(15)12-8-6-7-9-13(12)16-10(2)3/h6-11H,5H2,1-4H3. The van der Waals surface area contributed by atoms with Crippen LogP contribution >= 0.6 is 0 Å². The van der Waals surface area contributed by atoms with Gasteiger partial charge in [-0.25, -0.2) is 0 Å². The van der Waals surface area contributed by atoms with E-state index in [0.29, 0.717) is 11.3 Å². The van der Waals surface area contributed by atoms with Gasteiger partial charge in [0.15, 0.2) is 5.78 Å². The van der Waals surface area contributed by atoms with Crippen LogP contribution in [0.25, 0.3) is 0 Å². The largest absolute Gasteiger partial charge is 0.490 e. The van der Waals surface area contributed by atoms with Crippen molar-refractivity contribution in [2.75, 3.05) is 0 Å². The Balaban J connectivity index is 2.98. The number of hydrogen-bond acceptors (Lipinski definition) is 2. The molecule has 0 aliphatic rings. The van der Waals surface area contributed by atoms with E-state index in [-0.39, 0.29) is 17.8 Å². The lowest BCUT2D eigenvalue weighted by Gasteiger charge is -2.15. The van der Waals surface area contributed by atoms with E-state index in [2.05, 4.69) is 0 Å². The highest BCUT2D eigenvalue weighted by Gasteiger charge is 2.17. The lowest BCUT2D eigenvalue weighted by atomic mass is 9.96. The topological polar surface area (TPSA) is 26.3 Å². The normalized spacial score (nSPS) is 12.6. The Morgan fingerprint density at radius 3 is 2.44 bits per heavy atom. The van der Waals surface area contributed by atoms with Crippen molar-refractivity contribution in [1.82, 2.24) is 0 Å². The van der Waals surface area contributed by atoms with Crippen LogP contribution in [0.5, 0.6) is 5.75 Å². The van der Waals surface area contributed by atoms with Gasteiger partial charge in [-0.05, 0) is 32.4 Å². The first-order valence-electron chi connectivity index (χ1n) is 5.86. The Bertz CT molecular complexity index is 356. The van der Waals surface area contributed by atoms with Crippen molar-refractivity contribution in [3.63, 3.8) is 0 Å². The number of benzene rings is 1. The van der Waals surface area contributed by atoms with Crippen molar-refractivity contribution >= 4 is 5.78 Å². The van der Waals surface area contributed by atoms with E-state index in [4.69, 9.17) is 4.74 Å². The summed E-state index contributed by atoms with van der Waals surface area (Å²) in [5, 5.41) is 0. The Kier molecular flexibility index (Phi) is 4.53. The van der Waals surface area contributed by atoms with Crippen LogP contribution in [0.2, 0.25) is 0 Å². The number of ketones is 1. The van der Waals surface area contributed by atoms with Crippen LogP contribution in [0.4, 0.5) is 0 Å². The highest BCUT2D eigenvalue weighted by Crippen LogP contribution is 2.23. The lowest BCUT2D eigenvalue weighted by Crippen LogP contribution is -2.14. The summed E-state index contributed by atoms with van der Waals surface area (Å²) >= 11 is 0. The van der Waals surface area contributed by atoms with E-state index in [9.17, 15) is 4.79 Å². The van der Waals surface area contributed by atoms with E-state index in [1.54, 1.807) is 0 Å². The van der Waals surface area contributed by atoms with Gasteiger partial charge in [0.25, 0.3) is 0 Å². The molecule has 1 aromatic carbocycles. The highest BCUT2D eigenvalue weighted by atomic mass is 16.5. The first-order valence-corrected chi connectivity index (χ1v) is 5.86. The van der Waals surface area contributed by atoms with Crippen LogP contribution in [0, 0.1) is 5.92 Å². The molecule has 0 aliphatic heterocycles. The van der Waals surface area contributed by atoms with E-state index >= 15 is 0 Å². The van der Waals surface area contributed by atoms with Crippen LogP contribution in [-0.2, 0) is 0 Å². The number of rotatable bonds is 5. The molecule has 0 N–H and O–H groups in total. The molecule has 16 heavy (non-hydrogen) atoms. The third kappa shape index (κ3) is 3.09. The number of ether oxygens (including phenoxy) is 1. The molecule has 0 saturated heterocycles. The molecule has 0 fully saturated rings. The zero-order chi connectivity index (χ0) is 12.1. The minimum atomic E-state index is 0.0527. The second-order valence-corrected chi connectivity index (χ2v) is 4.34. The van der Waals surface area contributed by atoms with E-state index < -0.39 is 0 Å². The number of para-hydroxylation sites is 1. The summed E-state index contributed by atoms with van der Waals surface area (Å²) in [6, 6.07) is 7.47. The Labute approximate surface area is 97.6 Å². The number of carbonyl (C=O) groups is 1. The van der Waals surface area contributed by atoms with Crippen LogP contribution < -0.4 is 4.74 Å². The van der Waals surface area contributed by atoms with Gasteiger partial charge in [-0.1, -0.05) is 26.0 Å². The summed E-state index contributed by atoms with van der Waals surface area (Å²) in [6.07, 6.45) is 0.945. The molecule has 88 valence electrons. The quantitative estimate of drug-likeness (QED) is 0.707. The maximum absolute atomic E-state index is 12.1. The summed E-state index contributed by atoms with van der Waals surface area (Å²) in [7, 11) is 0. The second kappa shape index (κ2) is 5.69. The van der Waals surface area contributed by atoms with E-state index in [1.807, 2.05) is 52.0 Å². The van der Waals surface area contributed by atoms with E-state index in [1.165, 1.54) is 0 Å². The van der Waals surface area contributed by atoms with Crippen molar-refractivity contribution in [2.24, 2.45) is 5.92 Å². The van der Waals surface area contributed by atoms with Gasteiger partial charge in [0, 0.05) is 5.92 Å². The zero-order valence-corrected chi connectivity index (χ0v) is 10.5. The average Bonchev–Trinajstić information content (AvgIpc) is 2.27. The van der Waals surface area contributed by atoms with Crippen molar-refractivity contribution in [1.29, 1.82) is 0 Å². The summed E-state index contributed by atoms with van der Waals surface area (Å²) < 4.78 is 5.64. The van der Waals surface area contributed by atoms with Gasteiger partial charge in [-0.2, -0.15) is 0 Å². The fourth-order valence-electron chi connectivity index (χ4n) is 1.48. The predicted molar refractivity (Wildman–Crippen MR) is 66.0 cm³/mol. The molecule has 1 unspecified atom stereocenters. The minimum absolute atomic E-state index is 0.0527. The molecule has 2 nitrogen and oxygen atoms in total. The van der Waals surface area contributed by atoms with Crippen LogP contribution in [0.15, 0.2) is 24.3 Å². The smallest absolute Gasteiger partial charge is 0.169 e. The summed E-state index contributed by atoms with van der Waals surface area (Å²) in [6.45, 7) is 7.90. The average molecular weight is 220 g/mol. The van der Waals surface area contributed by atoms with Crippen molar-refractivity contribution in [3.8, 4) is 5.75 Å². The van der Waals surface area contributed by atoms with Crippen LogP contribution in [0.3, 0.4) is 0 Å². The van der Waals surface area contributed by atoms with Gasteiger partial charge >= 0.3 is 0 Å². The van der Waals surface area contributed by atoms with Crippen LogP contribution in [-0.4, -0.2) is 11.9 Å². The molecule has 0 bridgehead atoms. The molecule has 0 saturated carbocycles. The van der Waals surface area contributed by atoms with Gasteiger partial charge in [0.05, 0.1) is 11.7 Å². The maximum Gasteiger partial charge on any atom is 0.169 e. The molecular formula is C14H20O2. The van der Waals surface area contributed by atoms with Gasteiger partial charge in [0.2, 0.25) is 0 Å². The molecule has 0 aromatic heterocycles. The molecule has 0 spiro atoms. The summed E-state index contributed by atoms with van der Waals surface area (Å²) in [5.74, 6) is 0.915. The monoisotopic (exact) mass is 220 g/mol. The maximum atomic E-state index is 12.1. The van der Waals surface area contributed by atoms with Crippen molar-refractivity contribution < 1.29 is 9.53 Å². The highest BCUT2D eigenvalue weighted by molar-refractivity contribution is 6.00. The second-order valence-electron chi connectivity index (χ2n) is 4.34. The molecular weight excluding hydrogens is 200 g/mol. The van der Waals surface area contributed by atoms with Crippen molar-refractivity contribution in [2.45, 2.75) is 40.2 Å². The molecule has 1 rings (SSSR count). The van der Waals surface area contributed by atoms with Gasteiger partial charge in [-0.3, -0.25) is 4.79 Å². The Morgan fingerprint density at radius 1 is 1.25 bits per heavy atom. The molecule has 1 aromatic rings. The zero-order valence-electron chi connectivity index (χ0n) is 10.5.